The molecule has 0 radical (unpaired) electrons. The number of hydrogen-bond donors (Lipinski definition) is 1. The van der Waals surface area contributed by atoms with Gasteiger partial charge in [0.2, 0.25) is 0 Å². The zero-order valence-corrected chi connectivity index (χ0v) is 18.9. The molecule has 170 valence electrons. The summed E-state index contributed by atoms with van der Waals surface area (Å²) in [6.45, 7) is 6.23. The van der Waals surface area contributed by atoms with Gasteiger partial charge in [-0.25, -0.2) is 4.39 Å². The SMILES string of the molecule is CCC(C)(CN1CCC(=C2c3ccc(OC)cc3COc3cc(F)ccc32)CC1)C(=O)O. The summed E-state index contributed by atoms with van der Waals surface area (Å²) < 4.78 is 25.4. The highest BCUT2D eigenvalue weighted by Gasteiger charge is 2.34. The molecule has 2 aliphatic rings. The van der Waals surface area contributed by atoms with Gasteiger partial charge in [-0.1, -0.05) is 18.6 Å². The standard InChI is InChI=1S/C26H30FNO4/c1-4-26(2,25(29)30)16-28-11-9-17(10-12-28)24-21-8-6-20(31-3)13-18(21)15-32-23-14-19(27)5-7-22(23)24/h5-8,13-14H,4,9-12,15-16H2,1-3H3,(H,29,30). The minimum atomic E-state index is -0.746. The van der Waals surface area contributed by atoms with Crippen molar-refractivity contribution in [3.8, 4) is 11.5 Å². The second kappa shape index (κ2) is 8.94. The van der Waals surface area contributed by atoms with Crippen LogP contribution in [0.15, 0.2) is 42.0 Å². The van der Waals surface area contributed by atoms with E-state index in [1.54, 1.807) is 13.2 Å². The topological polar surface area (TPSA) is 59.0 Å². The van der Waals surface area contributed by atoms with Crippen molar-refractivity contribution in [2.24, 2.45) is 5.41 Å². The first-order valence-electron chi connectivity index (χ1n) is 11.1. The van der Waals surface area contributed by atoms with E-state index in [-0.39, 0.29) is 5.82 Å². The molecular formula is C26H30FNO4. The Morgan fingerprint density at radius 3 is 2.56 bits per heavy atom. The van der Waals surface area contributed by atoms with E-state index in [4.69, 9.17) is 9.47 Å². The van der Waals surface area contributed by atoms with E-state index in [9.17, 15) is 14.3 Å². The smallest absolute Gasteiger partial charge is 0.310 e. The van der Waals surface area contributed by atoms with Gasteiger partial charge in [-0.2, -0.15) is 0 Å². The van der Waals surface area contributed by atoms with Gasteiger partial charge in [-0.3, -0.25) is 4.79 Å². The molecule has 2 heterocycles. The van der Waals surface area contributed by atoms with Gasteiger partial charge in [0.25, 0.3) is 0 Å². The Kier molecular flexibility index (Phi) is 6.24. The summed E-state index contributed by atoms with van der Waals surface area (Å²) in [4.78, 5) is 14.0. The van der Waals surface area contributed by atoms with Gasteiger partial charge in [-0.15, -0.1) is 0 Å². The Balaban J connectivity index is 1.70. The third kappa shape index (κ3) is 4.24. The molecule has 0 aliphatic carbocycles. The maximum absolute atomic E-state index is 14.0. The molecular weight excluding hydrogens is 409 g/mol. The molecule has 2 aromatic carbocycles. The molecule has 1 atom stereocenters. The first kappa shape index (κ1) is 22.3. The van der Waals surface area contributed by atoms with E-state index >= 15 is 0 Å². The van der Waals surface area contributed by atoms with Crippen LogP contribution >= 0.6 is 0 Å². The minimum absolute atomic E-state index is 0.320. The highest BCUT2D eigenvalue weighted by molar-refractivity contribution is 5.87. The molecule has 1 fully saturated rings. The van der Waals surface area contributed by atoms with Gasteiger partial charge in [-0.05, 0) is 61.6 Å². The summed E-state index contributed by atoms with van der Waals surface area (Å²) in [5.41, 5.74) is 4.65. The number of likely N-dealkylation sites (tertiary alicyclic amines) is 1. The molecule has 0 spiro atoms. The van der Waals surface area contributed by atoms with Crippen LogP contribution in [0.25, 0.3) is 5.57 Å². The van der Waals surface area contributed by atoms with E-state index in [0.717, 1.165) is 53.9 Å². The summed E-state index contributed by atoms with van der Waals surface area (Å²) in [6, 6.07) is 10.7. The van der Waals surface area contributed by atoms with Crippen molar-refractivity contribution in [3.05, 3.63) is 64.5 Å². The summed E-state index contributed by atoms with van der Waals surface area (Å²) in [7, 11) is 1.64. The molecule has 0 bridgehead atoms. The summed E-state index contributed by atoms with van der Waals surface area (Å²) in [6.07, 6.45) is 2.26. The lowest BCUT2D eigenvalue weighted by molar-refractivity contribution is -0.149. The van der Waals surface area contributed by atoms with Crippen LogP contribution in [-0.2, 0) is 11.4 Å². The number of methoxy groups -OCH3 is 1. The van der Waals surface area contributed by atoms with Crippen molar-refractivity contribution in [2.45, 2.75) is 39.7 Å². The molecule has 1 saturated heterocycles. The van der Waals surface area contributed by atoms with Crippen LogP contribution < -0.4 is 9.47 Å². The second-order valence-electron chi connectivity index (χ2n) is 8.93. The third-order valence-electron chi connectivity index (χ3n) is 6.86. The fraction of sp³-hybridized carbons (Fsp3) is 0.423. The fourth-order valence-corrected chi connectivity index (χ4v) is 4.62. The van der Waals surface area contributed by atoms with Crippen LogP contribution in [0, 0.1) is 11.2 Å². The molecule has 4 rings (SSSR count). The lowest BCUT2D eigenvalue weighted by Gasteiger charge is -2.35. The predicted octanol–water partition coefficient (Wildman–Crippen LogP) is 5.13. The van der Waals surface area contributed by atoms with Crippen molar-refractivity contribution in [1.82, 2.24) is 4.90 Å². The van der Waals surface area contributed by atoms with E-state index in [1.165, 1.54) is 17.7 Å². The number of ether oxygens (including phenoxy) is 2. The van der Waals surface area contributed by atoms with Crippen molar-refractivity contribution < 1.29 is 23.8 Å². The minimum Gasteiger partial charge on any atom is -0.497 e. The second-order valence-corrected chi connectivity index (χ2v) is 8.93. The number of benzene rings is 2. The summed E-state index contributed by atoms with van der Waals surface area (Å²) >= 11 is 0. The van der Waals surface area contributed by atoms with Gasteiger partial charge < -0.3 is 19.5 Å². The van der Waals surface area contributed by atoms with Crippen LogP contribution in [0.2, 0.25) is 0 Å². The Labute approximate surface area is 188 Å². The number of fused-ring (bicyclic) bond motifs is 2. The molecule has 0 amide bonds. The molecule has 1 unspecified atom stereocenters. The van der Waals surface area contributed by atoms with Crippen LogP contribution in [0.4, 0.5) is 4.39 Å². The Morgan fingerprint density at radius 1 is 1.19 bits per heavy atom. The number of rotatable bonds is 5. The first-order valence-corrected chi connectivity index (χ1v) is 11.1. The lowest BCUT2D eigenvalue weighted by Crippen LogP contribution is -2.43. The van der Waals surface area contributed by atoms with Crippen LogP contribution in [0.1, 0.15) is 49.8 Å². The predicted molar refractivity (Wildman–Crippen MR) is 121 cm³/mol. The van der Waals surface area contributed by atoms with E-state index in [1.807, 2.05) is 26.0 Å². The van der Waals surface area contributed by atoms with E-state index in [2.05, 4.69) is 11.0 Å². The van der Waals surface area contributed by atoms with Crippen molar-refractivity contribution in [1.29, 1.82) is 0 Å². The molecule has 0 aromatic heterocycles. The highest BCUT2D eigenvalue weighted by Crippen LogP contribution is 2.42. The molecule has 2 aliphatic heterocycles. The average molecular weight is 440 g/mol. The number of carboxylic acid groups (broad SMARTS) is 1. The number of halogens is 1. The van der Waals surface area contributed by atoms with Crippen molar-refractivity contribution in [2.75, 3.05) is 26.7 Å². The summed E-state index contributed by atoms with van der Waals surface area (Å²) in [5.74, 6) is 0.244. The zero-order valence-electron chi connectivity index (χ0n) is 18.9. The number of piperidine rings is 1. The van der Waals surface area contributed by atoms with E-state index < -0.39 is 11.4 Å². The number of carbonyl (C=O) groups is 1. The Hall–Kier alpha value is -2.86. The van der Waals surface area contributed by atoms with E-state index in [0.29, 0.717) is 25.3 Å². The van der Waals surface area contributed by atoms with Gasteiger partial charge in [0.1, 0.15) is 23.9 Å². The lowest BCUT2D eigenvalue weighted by atomic mass is 9.84. The first-order chi connectivity index (χ1) is 15.3. The number of aliphatic carboxylic acids is 1. The van der Waals surface area contributed by atoms with Crippen molar-refractivity contribution in [3.63, 3.8) is 0 Å². The number of hydrogen-bond acceptors (Lipinski definition) is 4. The van der Waals surface area contributed by atoms with Gasteiger partial charge in [0, 0.05) is 36.8 Å². The molecule has 2 aromatic rings. The zero-order chi connectivity index (χ0) is 22.9. The number of carboxylic acids is 1. The third-order valence-corrected chi connectivity index (χ3v) is 6.86. The quantitative estimate of drug-likeness (QED) is 0.700. The average Bonchev–Trinajstić information content (AvgIpc) is 2.95. The Bertz CT molecular complexity index is 1050. The largest absolute Gasteiger partial charge is 0.497 e. The van der Waals surface area contributed by atoms with Gasteiger partial charge >= 0.3 is 5.97 Å². The molecule has 6 heteroatoms. The van der Waals surface area contributed by atoms with Crippen LogP contribution in [0.5, 0.6) is 11.5 Å². The number of nitrogens with zero attached hydrogens (tertiary/aromatic N) is 1. The molecule has 1 N–H and O–H groups in total. The maximum atomic E-state index is 14.0. The monoisotopic (exact) mass is 439 g/mol. The maximum Gasteiger partial charge on any atom is 0.310 e. The highest BCUT2D eigenvalue weighted by atomic mass is 19.1. The molecule has 0 saturated carbocycles. The van der Waals surface area contributed by atoms with Crippen LogP contribution in [-0.4, -0.2) is 42.7 Å². The van der Waals surface area contributed by atoms with Crippen LogP contribution in [0.3, 0.4) is 0 Å². The fourth-order valence-electron chi connectivity index (χ4n) is 4.62. The van der Waals surface area contributed by atoms with Gasteiger partial charge in [0.05, 0.1) is 12.5 Å². The normalized spacial score (nSPS) is 18.1. The van der Waals surface area contributed by atoms with Crippen molar-refractivity contribution >= 4 is 11.5 Å². The Morgan fingerprint density at radius 2 is 1.91 bits per heavy atom. The van der Waals surface area contributed by atoms with Gasteiger partial charge in [0.15, 0.2) is 0 Å². The molecule has 32 heavy (non-hydrogen) atoms. The molecule has 5 nitrogen and oxygen atoms in total. The summed E-state index contributed by atoms with van der Waals surface area (Å²) in [5, 5.41) is 9.64.